The lowest BCUT2D eigenvalue weighted by Gasteiger charge is -2.19. The Bertz CT molecular complexity index is 735. The molecular formula is C20H16BrF. The second kappa shape index (κ2) is 6.89. The molecule has 0 fully saturated rings. The SMILES string of the molecule is Fc1ccc(C(Cc2ccccc2Br)c2ccccc2)cc1. The van der Waals surface area contributed by atoms with Gasteiger partial charge in [-0.3, -0.25) is 0 Å². The van der Waals surface area contributed by atoms with Crippen LogP contribution in [0.5, 0.6) is 0 Å². The zero-order valence-corrected chi connectivity index (χ0v) is 13.6. The van der Waals surface area contributed by atoms with Gasteiger partial charge in [0.15, 0.2) is 0 Å². The molecule has 1 unspecified atom stereocenters. The summed E-state index contributed by atoms with van der Waals surface area (Å²) < 4.78 is 14.3. The quantitative estimate of drug-likeness (QED) is 0.541. The van der Waals surface area contributed by atoms with E-state index in [-0.39, 0.29) is 11.7 Å². The van der Waals surface area contributed by atoms with Gasteiger partial charge in [0.25, 0.3) is 0 Å². The van der Waals surface area contributed by atoms with E-state index in [1.165, 1.54) is 23.3 Å². The molecule has 0 nitrogen and oxygen atoms in total. The molecule has 0 heterocycles. The number of benzene rings is 3. The van der Waals surface area contributed by atoms with Gasteiger partial charge >= 0.3 is 0 Å². The van der Waals surface area contributed by atoms with E-state index < -0.39 is 0 Å². The Morgan fingerprint density at radius 3 is 2.00 bits per heavy atom. The lowest BCUT2D eigenvalue weighted by Crippen LogP contribution is -2.05. The van der Waals surface area contributed by atoms with Gasteiger partial charge in [0, 0.05) is 10.4 Å². The van der Waals surface area contributed by atoms with Crippen molar-refractivity contribution in [2.45, 2.75) is 12.3 Å². The number of rotatable bonds is 4. The minimum atomic E-state index is -0.198. The Kier molecular flexibility index (Phi) is 4.69. The van der Waals surface area contributed by atoms with Crippen molar-refractivity contribution in [3.05, 3.63) is 106 Å². The molecule has 3 rings (SSSR count). The summed E-state index contributed by atoms with van der Waals surface area (Å²) in [5, 5.41) is 0. The van der Waals surface area contributed by atoms with E-state index in [4.69, 9.17) is 0 Å². The van der Waals surface area contributed by atoms with E-state index in [1.54, 1.807) is 0 Å². The normalized spacial score (nSPS) is 12.1. The molecule has 0 aromatic heterocycles. The van der Waals surface area contributed by atoms with Crippen molar-refractivity contribution in [3.63, 3.8) is 0 Å². The van der Waals surface area contributed by atoms with Gasteiger partial charge in [0.1, 0.15) is 5.82 Å². The molecule has 0 aliphatic heterocycles. The molecule has 0 N–H and O–H groups in total. The predicted molar refractivity (Wildman–Crippen MR) is 92.5 cm³/mol. The number of hydrogen-bond donors (Lipinski definition) is 0. The molecule has 0 amide bonds. The average Bonchev–Trinajstić information content (AvgIpc) is 2.56. The molecule has 0 aliphatic rings. The van der Waals surface area contributed by atoms with Crippen molar-refractivity contribution >= 4 is 15.9 Å². The van der Waals surface area contributed by atoms with Crippen molar-refractivity contribution in [1.82, 2.24) is 0 Å². The highest BCUT2D eigenvalue weighted by Crippen LogP contribution is 2.31. The van der Waals surface area contributed by atoms with Crippen LogP contribution in [0.3, 0.4) is 0 Å². The van der Waals surface area contributed by atoms with Crippen LogP contribution in [0.15, 0.2) is 83.3 Å². The third-order valence-electron chi connectivity index (χ3n) is 3.86. The Morgan fingerprint density at radius 1 is 0.727 bits per heavy atom. The lowest BCUT2D eigenvalue weighted by molar-refractivity contribution is 0.626. The highest BCUT2D eigenvalue weighted by atomic mass is 79.9. The van der Waals surface area contributed by atoms with E-state index in [1.807, 2.05) is 42.5 Å². The molecule has 110 valence electrons. The summed E-state index contributed by atoms with van der Waals surface area (Å²) in [6.07, 6.45) is 0.872. The van der Waals surface area contributed by atoms with Crippen molar-refractivity contribution in [2.75, 3.05) is 0 Å². The first-order valence-corrected chi connectivity index (χ1v) is 8.07. The molecule has 22 heavy (non-hydrogen) atoms. The topological polar surface area (TPSA) is 0 Å². The van der Waals surface area contributed by atoms with Gasteiger partial charge in [0.2, 0.25) is 0 Å². The van der Waals surface area contributed by atoms with Gasteiger partial charge in [-0.25, -0.2) is 4.39 Å². The maximum Gasteiger partial charge on any atom is 0.123 e. The first-order chi connectivity index (χ1) is 10.7. The van der Waals surface area contributed by atoms with Crippen molar-refractivity contribution in [3.8, 4) is 0 Å². The molecular weight excluding hydrogens is 339 g/mol. The van der Waals surface area contributed by atoms with Gasteiger partial charge in [-0.15, -0.1) is 0 Å². The number of hydrogen-bond acceptors (Lipinski definition) is 0. The average molecular weight is 355 g/mol. The molecule has 0 saturated heterocycles. The Hall–Kier alpha value is -1.93. The van der Waals surface area contributed by atoms with Gasteiger partial charge in [-0.2, -0.15) is 0 Å². The summed E-state index contributed by atoms with van der Waals surface area (Å²) >= 11 is 3.62. The Labute approximate surface area is 138 Å². The summed E-state index contributed by atoms with van der Waals surface area (Å²) in [5.41, 5.74) is 3.62. The summed E-state index contributed by atoms with van der Waals surface area (Å²) in [7, 11) is 0. The summed E-state index contributed by atoms with van der Waals surface area (Å²) in [4.78, 5) is 0. The summed E-state index contributed by atoms with van der Waals surface area (Å²) in [6.45, 7) is 0. The fourth-order valence-corrected chi connectivity index (χ4v) is 3.14. The van der Waals surface area contributed by atoms with Crippen molar-refractivity contribution < 1.29 is 4.39 Å². The largest absolute Gasteiger partial charge is 0.207 e. The fraction of sp³-hybridized carbons (Fsp3) is 0.100. The van der Waals surface area contributed by atoms with Crippen LogP contribution in [0.1, 0.15) is 22.6 Å². The van der Waals surface area contributed by atoms with E-state index in [0.717, 1.165) is 16.5 Å². The van der Waals surface area contributed by atoms with Crippen LogP contribution in [0.2, 0.25) is 0 Å². The Morgan fingerprint density at radius 2 is 1.32 bits per heavy atom. The predicted octanol–water partition coefficient (Wildman–Crippen LogP) is 5.96. The van der Waals surface area contributed by atoms with Crippen molar-refractivity contribution in [1.29, 1.82) is 0 Å². The molecule has 0 aliphatic carbocycles. The first kappa shape index (κ1) is 15.0. The molecule has 1 atom stereocenters. The molecule has 0 saturated carbocycles. The van der Waals surface area contributed by atoms with Crippen LogP contribution >= 0.6 is 15.9 Å². The highest BCUT2D eigenvalue weighted by Gasteiger charge is 2.16. The minimum Gasteiger partial charge on any atom is -0.207 e. The molecule has 0 spiro atoms. The highest BCUT2D eigenvalue weighted by molar-refractivity contribution is 9.10. The zero-order valence-electron chi connectivity index (χ0n) is 12.0. The van der Waals surface area contributed by atoms with Gasteiger partial charge < -0.3 is 0 Å². The Balaban J connectivity index is 2.00. The second-order valence-electron chi connectivity index (χ2n) is 5.31. The summed E-state index contributed by atoms with van der Waals surface area (Å²) in [6, 6.07) is 25.4. The first-order valence-electron chi connectivity index (χ1n) is 7.28. The van der Waals surface area contributed by atoms with Crippen LogP contribution < -0.4 is 0 Å². The van der Waals surface area contributed by atoms with E-state index in [2.05, 4.69) is 40.2 Å². The second-order valence-corrected chi connectivity index (χ2v) is 6.16. The van der Waals surface area contributed by atoms with Crippen LogP contribution in [0, 0.1) is 5.82 Å². The van der Waals surface area contributed by atoms with Crippen LogP contribution in [-0.4, -0.2) is 0 Å². The van der Waals surface area contributed by atoms with E-state index in [0.29, 0.717) is 0 Å². The standard InChI is InChI=1S/C20H16BrF/c21-20-9-5-4-8-17(20)14-19(15-6-2-1-3-7-15)16-10-12-18(22)13-11-16/h1-13,19H,14H2. The number of halogens is 2. The van der Waals surface area contributed by atoms with E-state index in [9.17, 15) is 4.39 Å². The van der Waals surface area contributed by atoms with E-state index >= 15 is 0 Å². The molecule has 3 aromatic carbocycles. The zero-order chi connectivity index (χ0) is 15.4. The molecule has 0 radical (unpaired) electrons. The molecule has 2 heteroatoms. The van der Waals surface area contributed by atoms with Crippen LogP contribution in [0.25, 0.3) is 0 Å². The maximum absolute atomic E-state index is 13.2. The maximum atomic E-state index is 13.2. The third-order valence-corrected chi connectivity index (χ3v) is 4.63. The van der Waals surface area contributed by atoms with Crippen molar-refractivity contribution in [2.24, 2.45) is 0 Å². The van der Waals surface area contributed by atoms with Gasteiger partial charge in [-0.1, -0.05) is 76.6 Å². The minimum absolute atomic E-state index is 0.198. The van der Waals surface area contributed by atoms with Crippen LogP contribution in [0.4, 0.5) is 4.39 Å². The van der Waals surface area contributed by atoms with Crippen LogP contribution in [-0.2, 0) is 6.42 Å². The summed E-state index contributed by atoms with van der Waals surface area (Å²) in [5.74, 6) is 0.0111. The molecule has 0 bridgehead atoms. The third kappa shape index (κ3) is 3.45. The fourth-order valence-electron chi connectivity index (χ4n) is 2.69. The smallest absolute Gasteiger partial charge is 0.123 e. The van der Waals surface area contributed by atoms with Gasteiger partial charge in [-0.05, 0) is 41.3 Å². The monoisotopic (exact) mass is 354 g/mol. The molecule has 3 aromatic rings. The lowest BCUT2D eigenvalue weighted by atomic mass is 9.86. The van der Waals surface area contributed by atoms with Gasteiger partial charge in [0.05, 0.1) is 0 Å².